The fraction of sp³-hybridized carbons (Fsp3) is 0.464. The summed E-state index contributed by atoms with van der Waals surface area (Å²) in [6, 6.07) is 7.14. The molecule has 0 amide bonds. The molecule has 2 aliphatic rings. The highest BCUT2D eigenvalue weighted by Gasteiger charge is 2.41. The van der Waals surface area contributed by atoms with Crippen LogP contribution in [0, 0.1) is 11.3 Å². The van der Waals surface area contributed by atoms with E-state index in [0.717, 1.165) is 0 Å². The summed E-state index contributed by atoms with van der Waals surface area (Å²) in [5, 5.41) is 27.9. The molecular weight excluding hydrogens is 597 g/mol. The van der Waals surface area contributed by atoms with E-state index >= 15 is 0 Å². The summed E-state index contributed by atoms with van der Waals surface area (Å²) >= 11 is 0. The molecule has 1 saturated carbocycles. The van der Waals surface area contributed by atoms with Crippen molar-refractivity contribution in [3.63, 3.8) is 0 Å². The Morgan fingerprint density at radius 1 is 1.16 bits per heavy atom. The second-order valence-electron chi connectivity index (χ2n) is 10.8. The zero-order valence-electron chi connectivity index (χ0n) is 24.1. The average Bonchev–Trinajstić information content (AvgIpc) is 3.79. The zero-order valence-corrected chi connectivity index (χ0v) is 24.1. The number of aromatic nitrogens is 8. The van der Waals surface area contributed by atoms with E-state index < -0.39 is 18.6 Å². The van der Waals surface area contributed by atoms with Gasteiger partial charge in [-0.1, -0.05) is 6.07 Å². The van der Waals surface area contributed by atoms with Crippen molar-refractivity contribution in [2.24, 2.45) is 0 Å². The molecule has 0 radical (unpaired) electrons. The Hall–Kier alpha value is -4.82. The van der Waals surface area contributed by atoms with Crippen LogP contribution in [-0.2, 0) is 16.0 Å². The summed E-state index contributed by atoms with van der Waals surface area (Å²) in [6.07, 6.45) is 3.96. The Kier molecular flexibility index (Phi) is 8.50. The number of halogens is 3. The molecular formula is C28H29F3N10O4. The highest BCUT2D eigenvalue weighted by Crippen LogP contribution is 2.41. The van der Waals surface area contributed by atoms with E-state index in [-0.39, 0.29) is 29.7 Å². The lowest BCUT2D eigenvalue weighted by Gasteiger charge is -2.35. The van der Waals surface area contributed by atoms with Crippen LogP contribution in [-0.4, -0.2) is 77.8 Å². The van der Waals surface area contributed by atoms with Crippen molar-refractivity contribution in [1.82, 2.24) is 40.0 Å². The molecule has 14 nitrogen and oxygen atoms in total. The fourth-order valence-electron chi connectivity index (χ4n) is 5.33. The van der Waals surface area contributed by atoms with E-state index in [9.17, 15) is 18.4 Å². The predicted octanol–water partition coefficient (Wildman–Crippen LogP) is 4.21. The molecule has 0 bridgehead atoms. The molecule has 1 unspecified atom stereocenters. The van der Waals surface area contributed by atoms with E-state index in [1.165, 1.54) is 11.0 Å². The smallest absolute Gasteiger partial charge is 0.422 e. The SMILES string of the molecule is CC(Cn1cnnn1)Oc1cc(-c2cnc(Nc3cn(C4CCC5(CC4)OCCO5)nc3OCC(F)(F)F)nc2)ccc1C#N. The fourth-order valence-corrected chi connectivity index (χ4v) is 5.33. The van der Waals surface area contributed by atoms with E-state index in [1.54, 1.807) is 41.5 Å². The second-order valence-corrected chi connectivity index (χ2v) is 10.8. The van der Waals surface area contributed by atoms with Crippen molar-refractivity contribution in [2.75, 3.05) is 25.1 Å². The molecule has 6 rings (SSSR count). The molecule has 2 fully saturated rings. The first-order valence-electron chi connectivity index (χ1n) is 14.3. The molecule has 236 valence electrons. The Bertz CT molecular complexity index is 1620. The molecule has 1 aliphatic carbocycles. The minimum atomic E-state index is -4.54. The minimum absolute atomic E-state index is 0.0705. The predicted molar refractivity (Wildman–Crippen MR) is 149 cm³/mol. The van der Waals surface area contributed by atoms with Gasteiger partial charge in [0.1, 0.15) is 29.9 Å². The van der Waals surface area contributed by atoms with Crippen LogP contribution in [0.15, 0.2) is 43.1 Å². The van der Waals surface area contributed by atoms with Crippen molar-refractivity contribution in [3.8, 4) is 28.8 Å². The van der Waals surface area contributed by atoms with Gasteiger partial charge in [0.2, 0.25) is 5.95 Å². The van der Waals surface area contributed by atoms with Crippen LogP contribution < -0.4 is 14.8 Å². The van der Waals surface area contributed by atoms with Gasteiger partial charge in [-0.25, -0.2) is 14.6 Å². The van der Waals surface area contributed by atoms with Crippen molar-refractivity contribution in [2.45, 2.75) is 63.3 Å². The number of tetrazole rings is 1. The normalized spacial score (nSPS) is 17.2. The summed E-state index contributed by atoms with van der Waals surface area (Å²) in [5.74, 6) is -0.286. The lowest BCUT2D eigenvalue weighted by Crippen LogP contribution is -2.35. The highest BCUT2D eigenvalue weighted by atomic mass is 19.4. The first-order valence-corrected chi connectivity index (χ1v) is 14.3. The Morgan fingerprint density at radius 2 is 1.91 bits per heavy atom. The number of nitrogens with one attached hydrogen (secondary N) is 1. The topological polar surface area (TPSA) is 160 Å². The van der Waals surface area contributed by atoms with E-state index in [2.05, 4.69) is 42.0 Å². The Balaban J connectivity index is 1.17. The van der Waals surface area contributed by atoms with Crippen LogP contribution in [0.2, 0.25) is 0 Å². The minimum Gasteiger partial charge on any atom is -0.487 e. The maximum atomic E-state index is 13.0. The molecule has 1 atom stereocenters. The third-order valence-electron chi connectivity index (χ3n) is 7.47. The van der Waals surface area contributed by atoms with Gasteiger partial charge in [0.15, 0.2) is 12.4 Å². The lowest BCUT2D eigenvalue weighted by atomic mass is 9.90. The van der Waals surface area contributed by atoms with Crippen molar-refractivity contribution in [3.05, 3.63) is 48.7 Å². The summed E-state index contributed by atoms with van der Waals surface area (Å²) in [4.78, 5) is 8.70. The number of nitrogens with zero attached hydrogens (tertiary/aromatic N) is 9. The number of benzene rings is 1. The van der Waals surface area contributed by atoms with E-state index in [4.69, 9.17) is 18.9 Å². The number of hydrogen-bond acceptors (Lipinski definition) is 12. The molecule has 4 heterocycles. The molecule has 1 aromatic carbocycles. The summed E-state index contributed by atoms with van der Waals surface area (Å²) in [6.45, 7) is 1.82. The third-order valence-corrected chi connectivity index (χ3v) is 7.47. The van der Waals surface area contributed by atoms with Gasteiger partial charge < -0.3 is 24.3 Å². The number of nitriles is 1. The summed E-state index contributed by atoms with van der Waals surface area (Å²) in [7, 11) is 0. The van der Waals surface area contributed by atoms with E-state index in [1.807, 2.05) is 6.92 Å². The van der Waals surface area contributed by atoms with Crippen LogP contribution in [0.5, 0.6) is 11.6 Å². The number of alkyl halides is 3. The average molecular weight is 627 g/mol. The number of hydrogen-bond donors (Lipinski definition) is 1. The van der Waals surface area contributed by atoms with Crippen LogP contribution in [0.4, 0.5) is 24.8 Å². The molecule has 3 aromatic heterocycles. The van der Waals surface area contributed by atoms with Crippen molar-refractivity contribution >= 4 is 11.6 Å². The third kappa shape index (κ3) is 7.29. The van der Waals surface area contributed by atoms with Crippen LogP contribution in [0.1, 0.15) is 44.2 Å². The van der Waals surface area contributed by atoms with Gasteiger partial charge in [-0.05, 0) is 47.9 Å². The molecule has 1 N–H and O–H groups in total. The first-order chi connectivity index (χ1) is 21.7. The van der Waals surface area contributed by atoms with E-state index in [0.29, 0.717) is 67.9 Å². The van der Waals surface area contributed by atoms with Crippen molar-refractivity contribution in [1.29, 1.82) is 5.26 Å². The molecule has 45 heavy (non-hydrogen) atoms. The van der Waals surface area contributed by atoms with Crippen LogP contribution >= 0.6 is 0 Å². The maximum Gasteiger partial charge on any atom is 0.422 e. The maximum absolute atomic E-state index is 13.0. The number of anilines is 2. The van der Waals surface area contributed by atoms with Crippen molar-refractivity contribution < 1.29 is 32.1 Å². The number of rotatable bonds is 10. The van der Waals surface area contributed by atoms with Gasteiger partial charge in [-0.2, -0.15) is 18.4 Å². The monoisotopic (exact) mass is 626 g/mol. The van der Waals surface area contributed by atoms with Crippen LogP contribution in [0.25, 0.3) is 11.1 Å². The largest absolute Gasteiger partial charge is 0.487 e. The first kappa shape index (κ1) is 30.2. The van der Waals surface area contributed by atoms with Gasteiger partial charge in [-0.3, -0.25) is 4.68 Å². The van der Waals surface area contributed by atoms with Gasteiger partial charge in [0.05, 0.1) is 37.6 Å². The Labute approximate surface area is 255 Å². The summed E-state index contributed by atoms with van der Waals surface area (Å²) < 4.78 is 64.8. The zero-order chi connectivity index (χ0) is 31.4. The second kappa shape index (κ2) is 12.7. The van der Waals surface area contributed by atoms with Gasteiger partial charge in [-0.15, -0.1) is 10.2 Å². The quantitative estimate of drug-likeness (QED) is 0.268. The Morgan fingerprint density at radius 3 is 2.58 bits per heavy atom. The van der Waals surface area contributed by atoms with Gasteiger partial charge in [0, 0.05) is 30.8 Å². The number of ether oxygens (including phenoxy) is 4. The molecule has 4 aromatic rings. The lowest BCUT2D eigenvalue weighted by molar-refractivity contribution is -0.181. The van der Waals surface area contributed by atoms with Gasteiger partial charge >= 0.3 is 6.18 Å². The van der Waals surface area contributed by atoms with Crippen LogP contribution in [0.3, 0.4) is 0 Å². The van der Waals surface area contributed by atoms with Gasteiger partial charge in [0.25, 0.3) is 5.88 Å². The standard InChI is InChI=1S/C28H29F3N10O4/c1-18(14-40-17-35-38-39-40)45-24-10-19(2-3-20(24)11-32)21-12-33-26(34-13-21)36-23-15-41(37-25(23)42-16-28(29,30)31)22-4-6-27(7-5-22)43-8-9-44-27/h2-3,10,12-13,15,17-18,22H,4-9,14,16H2,1H3,(H,33,34,36). The highest BCUT2D eigenvalue weighted by molar-refractivity contribution is 5.67. The summed E-state index contributed by atoms with van der Waals surface area (Å²) in [5.41, 5.74) is 1.87. The molecule has 1 aliphatic heterocycles. The molecule has 17 heteroatoms. The molecule has 1 saturated heterocycles. The molecule has 1 spiro atoms.